The molecule has 4 nitrogen and oxygen atoms in total. The van der Waals surface area contributed by atoms with Gasteiger partial charge in [0.05, 0.1) is 15.8 Å². The average molecular weight is 453 g/mol. The van der Waals surface area contributed by atoms with Gasteiger partial charge in [-0.25, -0.2) is 0 Å². The highest BCUT2D eigenvalue weighted by Crippen LogP contribution is 2.24. The molecule has 0 aromatic heterocycles. The Hall–Kier alpha value is -1.69. The third kappa shape index (κ3) is 7.57. The van der Waals surface area contributed by atoms with Gasteiger partial charge in [0.25, 0.3) is 0 Å². The highest BCUT2D eigenvalue weighted by Gasteiger charge is 2.26. The fourth-order valence-corrected chi connectivity index (χ4v) is 3.93. The van der Waals surface area contributed by atoms with Gasteiger partial charge in [0, 0.05) is 18.3 Å². The summed E-state index contributed by atoms with van der Waals surface area (Å²) in [5.41, 5.74) is 1.98. The molecule has 7 heteroatoms. The SMILES string of the molecule is CC(C)NC(=O)[C@H](C)N(Cc1ccc(Cl)c(Cl)c1)C(=O)CSCc1ccccc1. The summed E-state index contributed by atoms with van der Waals surface area (Å²) >= 11 is 13.6. The number of hydrogen-bond acceptors (Lipinski definition) is 3. The summed E-state index contributed by atoms with van der Waals surface area (Å²) in [7, 11) is 0. The zero-order chi connectivity index (χ0) is 21.4. The van der Waals surface area contributed by atoms with Crippen molar-refractivity contribution in [2.24, 2.45) is 0 Å². The molecular weight excluding hydrogens is 427 g/mol. The van der Waals surface area contributed by atoms with E-state index in [0.29, 0.717) is 10.0 Å². The van der Waals surface area contributed by atoms with E-state index in [-0.39, 0.29) is 30.2 Å². The third-order valence-corrected chi connectivity index (χ3v) is 6.00. The lowest BCUT2D eigenvalue weighted by Gasteiger charge is -2.29. The van der Waals surface area contributed by atoms with Gasteiger partial charge >= 0.3 is 0 Å². The van der Waals surface area contributed by atoms with E-state index in [0.717, 1.165) is 16.9 Å². The Balaban J connectivity index is 2.10. The maximum atomic E-state index is 13.0. The minimum absolute atomic E-state index is 0.000617. The molecule has 0 saturated carbocycles. The molecule has 156 valence electrons. The smallest absolute Gasteiger partial charge is 0.242 e. The molecule has 0 bridgehead atoms. The van der Waals surface area contributed by atoms with Crippen LogP contribution in [-0.4, -0.2) is 34.6 Å². The monoisotopic (exact) mass is 452 g/mol. The molecule has 29 heavy (non-hydrogen) atoms. The lowest BCUT2D eigenvalue weighted by molar-refractivity contribution is -0.138. The first-order valence-electron chi connectivity index (χ1n) is 9.43. The van der Waals surface area contributed by atoms with Gasteiger partial charge < -0.3 is 10.2 Å². The number of amides is 2. The van der Waals surface area contributed by atoms with E-state index in [4.69, 9.17) is 23.2 Å². The normalized spacial score (nSPS) is 11.9. The van der Waals surface area contributed by atoms with Gasteiger partial charge in [-0.05, 0) is 44.0 Å². The first-order valence-corrected chi connectivity index (χ1v) is 11.3. The summed E-state index contributed by atoms with van der Waals surface area (Å²) < 4.78 is 0. The Kier molecular flexibility index (Phi) is 9.34. The van der Waals surface area contributed by atoms with E-state index in [2.05, 4.69) is 5.32 Å². The summed E-state index contributed by atoms with van der Waals surface area (Å²) in [4.78, 5) is 27.1. The molecule has 2 amide bonds. The zero-order valence-electron chi connectivity index (χ0n) is 16.8. The second kappa shape index (κ2) is 11.5. The maximum Gasteiger partial charge on any atom is 0.242 e. The van der Waals surface area contributed by atoms with Crippen molar-refractivity contribution in [3.8, 4) is 0 Å². The van der Waals surface area contributed by atoms with E-state index in [9.17, 15) is 9.59 Å². The predicted molar refractivity (Wildman–Crippen MR) is 122 cm³/mol. The fraction of sp³-hybridized carbons (Fsp3) is 0.364. The minimum Gasteiger partial charge on any atom is -0.352 e. The first kappa shape index (κ1) is 23.6. The summed E-state index contributed by atoms with van der Waals surface area (Å²) in [5, 5.41) is 3.76. The highest BCUT2D eigenvalue weighted by molar-refractivity contribution is 7.99. The number of nitrogens with zero attached hydrogens (tertiary/aromatic N) is 1. The van der Waals surface area contributed by atoms with Gasteiger partial charge in [-0.3, -0.25) is 9.59 Å². The quantitative estimate of drug-likeness (QED) is 0.570. The lowest BCUT2D eigenvalue weighted by Crippen LogP contribution is -2.49. The minimum atomic E-state index is -0.600. The Morgan fingerprint density at radius 1 is 1.00 bits per heavy atom. The molecule has 2 aromatic carbocycles. The summed E-state index contributed by atoms with van der Waals surface area (Å²) in [6, 6.07) is 14.6. The topological polar surface area (TPSA) is 49.4 Å². The van der Waals surface area contributed by atoms with Crippen LogP contribution in [0.15, 0.2) is 48.5 Å². The van der Waals surface area contributed by atoms with Gasteiger partial charge in [0.2, 0.25) is 11.8 Å². The zero-order valence-corrected chi connectivity index (χ0v) is 19.2. The Morgan fingerprint density at radius 2 is 1.69 bits per heavy atom. The second-order valence-electron chi connectivity index (χ2n) is 7.09. The van der Waals surface area contributed by atoms with Crippen molar-refractivity contribution in [3.63, 3.8) is 0 Å². The number of benzene rings is 2. The van der Waals surface area contributed by atoms with E-state index >= 15 is 0 Å². The van der Waals surface area contributed by atoms with Crippen LogP contribution in [0, 0.1) is 0 Å². The van der Waals surface area contributed by atoms with Crippen LogP contribution in [-0.2, 0) is 21.9 Å². The number of thioether (sulfide) groups is 1. The largest absolute Gasteiger partial charge is 0.352 e. The van der Waals surface area contributed by atoms with Crippen molar-refractivity contribution >= 4 is 46.8 Å². The molecule has 0 unspecified atom stereocenters. The van der Waals surface area contributed by atoms with Crippen molar-refractivity contribution in [1.29, 1.82) is 0 Å². The Labute approximate surface area is 187 Å². The predicted octanol–water partition coefficient (Wildman–Crippen LogP) is 5.17. The van der Waals surface area contributed by atoms with Crippen LogP contribution in [0.3, 0.4) is 0 Å². The molecule has 0 aliphatic heterocycles. The van der Waals surface area contributed by atoms with Gasteiger partial charge in [-0.15, -0.1) is 11.8 Å². The van der Waals surface area contributed by atoms with Gasteiger partial charge in [-0.1, -0.05) is 59.6 Å². The molecule has 2 rings (SSSR count). The van der Waals surface area contributed by atoms with Crippen LogP contribution in [0.4, 0.5) is 0 Å². The molecule has 0 heterocycles. The summed E-state index contributed by atoms with van der Waals surface area (Å²) in [5.74, 6) is 0.750. The van der Waals surface area contributed by atoms with Crippen molar-refractivity contribution in [2.75, 3.05) is 5.75 Å². The standard InChI is InChI=1S/C22H26Cl2N2O2S/c1-15(2)25-22(28)16(3)26(12-18-9-10-19(23)20(24)11-18)21(27)14-29-13-17-7-5-4-6-8-17/h4-11,15-16H,12-14H2,1-3H3,(H,25,28)/t16-/m0/s1. The molecule has 0 fully saturated rings. The fourth-order valence-electron chi connectivity index (χ4n) is 2.74. The molecule has 0 radical (unpaired) electrons. The van der Waals surface area contributed by atoms with Crippen molar-refractivity contribution in [1.82, 2.24) is 10.2 Å². The molecule has 0 aliphatic carbocycles. The molecule has 0 aliphatic rings. The van der Waals surface area contributed by atoms with Crippen LogP contribution < -0.4 is 5.32 Å². The third-order valence-electron chi connectivity index (χ3n) is 4.27. The number of carbonyl (C=O) groups is 2. The lowest BCUT2D eigenvalue weighted by atomic mass is 10.1. The van der Waals surface area contributed by atoms with E-state index in [1.165, 1.54) is 11.8 Å². The van der Waals surface area contributed by atoms with Crippen LogP contribution in [0.2, 0.25) is 10.0 Å². The molecule has 0 spiro atoms. The molecule has 2 aromatic rings. The van der Waals surface area contributed by atoms with Crippen LogP contribution in [0.1, 0.15) is 31.9 Å². The first-order chi connectivity index (χ1) is 13.8. The average Bonchev–Trinajstić information content (AvgIpc) is 2.68. The van der Waals surface area contributed by atoms with Gasteiger partial charge in [-0.2, -0.15) is 0 Å². The van der Waals surface area contributed by atoms with E-state index < -0.39 is 6.04 Å². The van der Waals surface area contributed by atoms with Crippen LogP contribution >= 0.6 is 35.0 Å². The van der Waals surface area contributed by atoms with Crippen molar-refractivity contribution < 1.29 is 9.59 Å². The van der Waals surface area contributed by atoms with Gasteiger partial charge in [0.15, 0.2) is 0 Å². The Bertz CT molecular complexity index is 831. The number of rotatable bonds is 9. The Morgan fingerprint density at radius 3 is 2.31 bits per heavy atom. The molecule has 1 atom stereocenters. The molecule has 0 saturated heterocycles. The second-order valence-corrected chi connectivity index (χ2v) is 8.89. The number of halogens is 2. The van der Waals surface area contributed by atoms with Crippen LogP contribution in [0.5, 0.6) is 0 Å². The molecular formula is C22H26Cl2N2O2S. The number of nitrogens with one attached hydrogen (secondary N) is 1. The van der Waals surface area contributed by atoms with Crippen molar-refractivity contribution in [3.05, 3.63) is 69.7 Å². The maximum absolute atomic E-state index is 13.0. The highest BCUT2D eigenvalue weighted by atomic mass is 35.5. The van der Waals surface area contributed by atoms with Gasteiger partial charge in [0.1, 0.15) is 6.04 Å². The van der Waals surface area contributed by atoms with Crippen molar-refractivity contribution in [2.45, 2.75) is 45.2 Å². The van der Waals surface area contributed by atoms with E-state index in [1.807, 2.05) is 50.2 Å². The number of carbonyl (C=O) groups excluding carboxylic acids is 2. The van der Waals surface area contributed by atoms with Crippen LogP contribution in [0.25, 0.3) is 0 Å². The summed E-state index contributed by atoms with van der Waals surface area (Å²) in [6.07, 6.45) is 0. The molecule has 1 N–H and O–H groups in total. The van der Waals surface area contributed by atoms with E-state index in [1.54, 1.807) is 24.0 Å². The summed E-state index contributed by atoms with van der Waals surface area (Å²) in [6.45, 7) is 5.82. The number of hydrogen-bond donors (Lipinski definition) is 1.